The van der Waals surface area contributed by atoms with Crippen LogP contribution in [0.15, 0.2) is 64.1 Å². The number of nitrogens with zero attached hydrogens (tertiary/aromatic N) is 2. The Hall–Kier alpha value is -3.25. The average Bonchev–Trinajstić information content (AvgIpc) is 3.32. The summed E-state index contributed by atoms with van der Waals surface area (Å²) in [4.78, 5) is 34.3. The Labute approximate surface area is 184 Å². The second-order valence-corrected chi connectivity index (χ2v) is 8.88. The molecule has 2 aromatic carbocycles. The van der Waals surface area contributed by atoms with E-state index in [2.05, 4.69) is 45.0 Å². The number of hydrogen-bond donors (Lipinski definition) is 1. The van der Waals surface area contributed by atoms with Gasteiger partial charge in [-0.15, -0.1) is 0 Å². The topological polar surface area (TPSA) is 66.1 Å². The molecular formula is C25H23N3O2S. The van der Waals surface area contributed by atoms with Crippen LogP contribution in [0, 0.1) is 6.92 Å². The van der Waals surface area contributed by atoms with E-state index in [0.717, 1.165) is 35.9 Å². The number of nitrogens with one attached hydrogen (secondary N) is 1. The van der Waals surface area contributed by atoms with Gasteiger partial charge in [-0.2, -0.15) is 11.3 Å². The molecule has 1 amide bonds. The zero-order valence-electron chi connectivity index (χ0n) is 17.3. The fraction of sp³-hybridized carbons (Fsp3) is 0.240. The fourth-order valence-corrected chi connectivity index (χ4v) is 5.14. The van der Waals surface area contributed by atoms with E-state index in [0.29, 0.717) is 17.9 Å². The molecular weight excluding hydrogens is 406 g/mol. The molecule has 1 atom stereocenters. The SMILES string of the molecule is Cc1nc(C2CCCN(C(=O)c3ccc4c(-c5ccsc5)cccc4c3)C2)cc(=O)[nH]1. The van der Waals surface area contributed by atoms with E-state index < -0.39 is 0 Å². The summed E-state index contributed by atoms with van der Waals surface area (Å²) in [6.45, 7) is 3.10. The third kappa shape index (κ3) is 3.91. The Balaban J connectivity index is 1.42. The summed E-state index contributed by atoms with van der Waals surface area (Å²) in [6.07, 6.45) is 1.83. The maximum atomic E-state index is 13.3. The second kappa shape index (κ2) is 8.12. The third-order valence-electron chi connectivity index (χ3n) is 5.97. The van der Waals surface area contributed by atoms with Gasteiger partial charge in [0.25, 0.3) is 11.5 Å². The second-order valence-electron chi connectivity index (χ2n) is 8.10. The highest BCUT2D eigenvalue weighted by atomic mass is 32.1. The van der Waals surface area contributed by atoms with Crippen LogP contribution < -0.4 is 5.56 Å². The van der Waals surface area contributed by atoms with Gasteiger partial charge in [-0.05, 0) is 70.6 Å². The number of aryl methyl sites for hydroxylation is 1. The molecule has 5 nitrogen and oxygen atoms in total. The number of likely N-dealkylation sites (tertiary alicyclic amines) is 1. The van der Waals surface area contributed by atoms with Crippen molar-refractivity contribution in [2.75, 3.05) is 13.1 Å². The lowest BCUT2D eigenvalue weighted by Gasteiger charge is -2.32. The van der Waals surface area contributed by atoms with E-state index in [9.17, 15) is 9.59 Å². The average molecular weight is 430 g/mol. The van der Waals surface area contributed by atoms with Crippen molar-refractivity contribution in [3.63, 3.8) is 0 Å². The Morgan fingerprint density at radius 1 is 1.19 bits per heavy atom. The predicted octanol–water partition coefficient (Wildman–Crippen LogP) is 4.98. The number of hydrogen-bond acceptors (Lipinski definition) is 4. The monoisotopic (exact) mass is 429 g/mol. The summed E-state index contributed by atoms with van der Waals surface area (Å²) >= 11 is 1.68. The largest absolute Gasteiger partial charge is 0.338 e. The van der Waals surface area contributed by atoms with Crippen molar-refractivity contribution < 1.29 is 4.79 Å². The van der Waals surface area contributed by atoms with E-state index in [1.54, 1.807) is 24.3 Å². The maximum absolute atomic E-state index is 13.3. The first-order valence-corrected chi connectivity index (χ1v) is 11.5. The number of benzene rings is 2. The van der Waals surface area contributed by atoms with Crippen LogP contribution in [-0.2, 0) is 0 Å². The lowest BCUT2D eigenvalue weighted by molar-refractivity contribution is 0.0706. The number of H-pyrrole nitrogens is 1. The smallest absolute Gasteiger partial charge is 0.253 e. The molecule has 0 saturated carbocycles. The van der Waals surface area contributed by atoms with Crippen LogP contribution in [0.25, 0.3) is 21.9 Å². The van der Waals surface area contributed by atoms with Gasteiger partial charge in [0.15, 0.2) is 0 Å². The highest BCUT2D eigenvalue weighted by molar-refractivity contribution is 7.08. The highest BCUT2D eigenvalue weighted by Crippen LogP contribution is 2.31. The molecule has 0 bridgehead atoms. The van der Waals surface area contributed by atoms with Gasteiger partial charge in [0.1, 0.15) is 5.82 Å². The molecule has 4 aromatic rings. The summed E-state index contributed by atoms with van der Waals surface area (Å²) in [7, 11) is 0. The molecule has 1 unspecified atom stereocenters. The Morgan fingerprint density at radius 3 is 2.90 bits per heavy atom. The van der Waals surface area contributed by atoms with E-state index in [1.807, 2.05) is 23.1 Å². The van der Waals surface area contributed by atoms with Gasteiger partial charge in [0, 0.05) is 30.6 Å². The number of fused-ring (bicyclic) bond motifs is 1. The van der Waals surface area contributed by atoms with E-state index in [4.69, 9.17) is 0 Å². The van der Waals surface area contributed by atoms with Gasteiger partial charge in [-0.3, -0.25) is 9.59 Å². The van der Waals surface area contributed by atoms with Crippen LogP contribution >= 0.6 is 11.3 Å². The molecule has 1 saturated heterocycles. The molecule has 0 spiro atoms. The van der Waals surface area contributed by atoms with Crippen molar-refractivity contribution in [2.24, 2.45) is 0 Å². The highest BCUT2D eigenvalue weighted by Gasteiger charge is 2.27. The minimum atomic E-state index is -0.137. The van der Waals surface area contributed by atoms with Crippen LogP contribution in [0.3, 0.4) is 0 Å². The molecule has 156 valence electrons. The molecule has 1 aliphatic rings. The van der Waals surface area contributed by atoms with Crippen LogP contribution in [0.2, 0.25) is 0 Å². The Bertz CT molecular complexity index is 1310. The minimum absolute atomic E-state index is 0.0362. The Morgan fingerprint density at radius 2 is 2.10 bits per heavy atom. The van der Waals surface area contributed by atoms with Gasteiger partial charge in [0.2, 0.25) is 0 Å². The summed E-state index contributed by atoms with van der Waals surface area (Å²) in [5.74, 6) is 0.736. The number of amides is 1. The Kier molecular flexibility index (Phi) is 5.16. The van der Waals surface area contributed by atoms with Crippen molar-refractivity contribution in [3.8, 4) is 11.1 Å². The molecule has 2 aromatic heterocycles. The molecule has 3 heterocycles. The van der Waals surface area contributed by atoms with Crippen molar-refractivity contribution in [1.29, 1.82) is 0 Å². The first-order chi connectivity index (χ1) is 15.1. The number of aromatic amines is 1. The van der Waals surface area contributed by atoms with Crippen molar-refractivity contribution >= 4 is 28.0 Å². The quantitative estimate of drug-likeness (QED) is 0.499. The van der Waals surface area contributed by atoms with E-state index in [1.165, 1.54) is 11.1 Å². The molecule has 1 aliphatic heterocycles. The standard InChI is InChI=1S/C25H23N3O2S/c1-16-26-23(13-24(29)27-16)19-5-3-10-28(14-19)25(30)18-7-8-22-17(12-18)4-2-6-21(22)20-9-11-31-15-20/h2,4,6-9,11-13,15,19H,3,5,10,14H2,1H3,(H,26,27,29). The van der Waals surface area contributed by atoms with Crippen molar-refractivity contribution in [3.05, 3.63) is 86.7 Å². The van der Waals surface area contributed by atoms with Crippen LogP contribution in [0.4, 0.5) is 0 Å². The molecule has 1 N–H and O–H groups in total. The van der Waals surface area contributed by atoms with Gasteiger partial charge in [-0.1, -0.05) is 24.3 Å². The normalized spacial score (nSPS) is 16.5. The minimum Gasteiger partial charge on any atom is -0.338 e. The third-order valence-corrected chi connectivity index (χ3v) is 6.65. The number of piperidine rings is 1. The number of aromatic nitrogens is 2. The molecule has 0 radical (unpaired) electrons. The molecule has 1 fully saturated rings. The summed E-state index contributed by atoms with van der Waals surface area (Å²) in [5.41, 5.74) is 3.73. The molecule has 6 heteroatoms. The van der Waals surface area contributed by atoms with Gasteiger partial charge < -0.3 is 9.88 Å². The molecule has 5 rings (SSSR count). The zero-order valence-corrected chi connectivity index (χ0v) is 18.1. The number of thiophene rings is 1. The number of carbonyl (C=O) groups excluding carboxylic acids is 1. The first-order valence-electron chi connectivity index (χ1n) is 10.5. The van der Waals surface area contributed by atoms with E-state index >= 15 is 0 Å². The van der Waals surface area contributed by atoms with Crippen LogP contribution in [0.5, 0.6) is 0 Å². The summed E-state index contributed by atoms with van der Waals surface area (Å²) in [6, 6.07) is 15.9. The first kappa shape index (κ1) is 19.7. The van der Waals surface area contributed by atoms with Crippen LogP contribution in [0.1, 0.15) is 40.6 Å². The van der Waals surface area contributed by atoms with Crippen LogP contribution in [-0.4, -0.2) is 33.9 Å². The van der Waals surface area contributed by atoms with Gasteiger partial charge in [0.05, 0.1) is 5.69 Å². The maximum Gasteiger partial charge on any atom is 0.253 e. The molecule has 0 aliphatic carbocycles. The van der Waals surface area contributed by atoms with Crippen molar-refractivity contribution in [2.45, 2.75) is 25.7 Å². The number of carbonyl (C=O) groups is 1. The van der Waals surface area contributed by atoms with Crippen molar-refractivity contribution in [1.82, 2.24) is 14.9 Å². The zero-order chi connectivity index (χ0) is 21.4. The lowest BCUT2D eigenvalue weighted by atomic mass is 9.93. The molecule has 31 heavy (non-hydrogen) atoms. The lowest BCUT2D eigenvalue weighted by Crippen LogP contribution is -2.39. The predicted molar refractivity (Wildman–Crippen MR) is 125 cm³/mol. The van der Waals surface area contributed by atoms with Gasteiger partial charge >= 0.3 is 0 Å². The summed E-state index contributed by atoms with van der Waals surface area (Å²) < 4.78 is 0. The van der Waals surface area contributed by atoms with E-state index in [-0.39, 0.29) is 17.4 Å². The summed E-state index contributed by atoms with van der Waals surface area (Å²) in [5, 5.41) is 6.44. The van der Waals surface area contributed by atoms with Gasteiger partial charge in [-0.25, -0.2) is 4.98 Å². The fourth-order valence-electron chi connectivity index (χ4n) is 4.48. The number of rotatable bonds is 3.